The Morgan fingerprint density at radius 3 is 1.77 bits per heavy atom. The highest BCUT2D eigenvalue weighted by Gasteiger charge is 2.19. The normalized spacial score (nSPS) is 18.7. The summed E-state index contributed by atoms with van der Waals surface area (Å²) in [5.41, 5.74) is 0. The highest BCUT2D eigenvalue weighted by Crippen LogP contribution is 2.13. The van der Waals surface area contributed by atoms with Crippen LogP contribution in [0.2, 0.25) is 0 Å². The molecule has 3 nitrogen and oxygen atoms in total. The van der Waals surface area contributed by atoms with Crippen LogP contribution in [0.15, 0.2) is 24.3 Å². The zero-order valence-electron chi connectivity index (χ0n) is 6.98. The van der Waals surface area contributed by atoms with Crippen molar-refractivity contribution in [3.63, 3.8) is 0 Å². The maximum Gasteiger partial charge on any atom is 0.115 e. The van der Waals surface area contributed by atoms with E-state index in [0.717, 1.165) is 6.61 Å². The summed E-state index contributed by atoms with van der Waals surface area (Å²) in [5.74, 6) is 1.01. The molecule has 0 bridgehead atoms. The van der Waals surface area contributed by atoms with E-state index in [4.69, 9.17) is 26.6 Å². The quantitative estimate of drug-likeness (QED) is 0.414. The van der Waals surface area contributed by atoms with E-state index in [2.05, 4.69) is 0 Å². The molecule has 0 radical (unpaired) electrons. The van der Waals surface area contributed by atoms with Crippen molar-refractivity contribution in [2.45, 2.75) is 6.10 Å². The molecule has 1 fully saturated rings. The number of halogens is 1. The number of rotatable bonds is 1. The maximum atomic E-state index is 8.65. The minimum atomic E-state index is 0.169. The Balaban J connectivity index is 0.000000145. The van der Waals surface area contributed by atoms with Crippen LogP contribution in [0.4, 0.5) is 0 Å². The van der Waals surface area contributed by atoms with Crippen LogP contribution in [0.25, 0.3) is 0 Å². The maximum absolute atomic E-state index is 8.65. The van der Waals surface area contributed by atoms with Gasteiger partial charge in [-0.05, 0) is 24.3 Å². The molecule has 0 saturated carbocycles. The molecule has 0 aromatic heterocycles. The molecule has 4 heteroatoms. The summed E-state index contributed by atoms with van der Waals surface area (Å²) in [6, 6.07) is 5.70. The highest BCUT2D eigenvalue weighted by atomic mass is 35.5. The Morgan fingerprint density at radius 1 is 1.23 bits per heavy atom. The fourth-order valence-electron chi connectivity index (χ4n) is 0.610. The van der Waals surface area contributed by atoms with E-state index >= 15 is 0 Å². The van der Waals surface area contributed by atoms with Crippen LogP contribution >= 0.6 is 11.6 Å². The standard InChI is InChI=1S/C6H6O2.C3H5ClO/c7-5-1-2-6(8)4-3-5;4-1-3-2-5-3/h1-4,7-8H;3H,1-2H2. The van der Waals surface area contributed by atoms with Gasteiger partial charge in [-0.1, -0.05) is 0 Å². The first-order chi connectivity index (χ1) is 6.22. The molecule has 1 aliphatic heterocycles. The Hall–Kier alpha value is -0.930. The van der Waals surface area contributed by atoms with E-state index < -0.39 is 0 Å². The van der Waals surface area contributed by atoms with Crippen LogP contribution in [0.3, 0.4) is 0 Å². The van der Waals surface area contributed by atoms with Crippen molar-refractivity contribution >= 4 is 11.6 Å². The first-order valence-electron chi connectivity index (χ1n) is 3.88. The molecular weight excluding hydrogens is 192 g/mol. The highest BCUT2D eigenvalue weighted by molar-refractivity contribution is 6.18. The molecule has 1 atom stereocenters. The molecule has 1 unspecified atom stereocenters. The van der Waals surface area contributed by atoms with Crippen molar-refractivity contribution < 1.29 is 14.9 Å². The molecular formula is C9H11ClO3. The van der Waals surface area contributed by atoms with E-state index in [0.29, 0.717) is 12.0 Å². The van der Waals surface area contributed by atoms with Gasteiger partial charge < -0.3 is 14.9 Å². The average molecular weight is 203 g/mol. The van der Waals surface area contributed by atoms with Crippen molar-refractivity contribution in [2.24, 2.45) is 0 Å². The van der Waals surface area contributed by atoms with Gasteiger partial charge in [0.15, 0.2) is 0 Å². The first kappa shape index (κ1) is 10.2. The second kappa shape index (κ2) is 4.94. The lowest BCUT2D eigenvalue weighted by atomic mass is 10.3. The lowest BCUT2D eigenvalue weighted by Gasteiger charge is -1.88. The molecule has 0 spiro atoms. The summed E-state index contributed by atoms with van der Waals surface area (Å²) in [6.07, 6.45) is 0.400. The zero-order valence-corrected chi connectivity index (χ0v) is 7.74. The van der Waals surface area contributed by atoms with Crippen molar-refractivity contribution in [1.82, 2.24) is 0 Å². The van der Waals surface area contributed by atoms with Crippen molar-refractivity contribution in [2.75, 3.05) is 12.5 Å². The van der Waals surface area contributed by atoms with Gasteiger partial charge in [0.1, 0.15) is 11.5 Å². The van der Waals surface area contributed by atoms with E-state index in [1.54, 1.807) is 0 Å². The third kappa shape index (κ3) is 4.60. The Kier molecular flexibility index (Phi) is 3.86. The van der Waals surface area contributed by atoms with E-state index in [9.17, 15) is 0 Å². The zero-order chi connectivity index (χ0) is 9.68. The van der Waals surface area contributed by atoms with Crippen LogP contribution in [0.5, 0.6) is 11.5 Å². The van der Waals surface area contributed by atoms with E-state index in [1.807, 2.05) is 0 Å². The molecule has 2 N–H and O–H groups in total. The molecule has 1 heterocycles. The molecule has 0 aliphatic carbocycles. The van der Waals surface area contributed by atoms with Gasteiger partial charge in [-0.2, -0.15) is 0 Å². The number of hydrogen-bond donors (Lipinski definition) is 2. The van der Waals surface area contributed by atoms with Gasteiger partial charge in [0.05, 0.1) is 18.6 Å². The second-order valence-corrected chi connectivity index (χ2v) is 2.93. The SMILES string of the molecule is ClCC1CO1.Oc1ccc(O)cc1. The monoisotopic (exact) mass is 202 g/mol. The smallest absolute Gasteiger partial charge is 0.115 e. The van der Waals surface area contributed by atoms with Gasteiger partial charge in [0.25, 0.3) is 0 Å². The molecule has 1 aromatic carbocycles. The minimum Gasteiger partial charge on any atom is -0.508 e. The number of alkyl halides is 1. The summed E-state index contributed by atoms with van der Waals surface area (Å²) in [5, 5.41) is 17.3. The third-order valence-corrected chi connectivity index (χ3v) is 1.77. The van der Waals surface area contributed by atoms with Crippen molar-refractivity contribution in [1.29, 1.82) is 0 Å². The van der Waals surface area contributed by atoms with E-state index in [1.165, 1.54) is 24.3 Å². The summed E-state index contributed by atoms with van der Waals surface area (Å²) >= 11 is 5.27. The largest absolute Gasteiger partial charge is 0.508 e. The molecule has 2 rings (SSSR count). The van der Waals surface area contributed by atoms with Gasteiger partial charge in [0, 0.05) is 0 Å². The van der Waals surface area contributed by atoms with Crippen LogP contribution in [0, 0.1) is 0 Å². The van der Waals surface area contributed by atoms with Gasteiger partial charge in [-0.3, -0.25) is 0 Å². The minimum absolute atomic E-state index is 0.169. The topological polar surface area (TPSA) is 53.0 Å². The summed E-state index contributed by atoms with van der Waals surface area (Å²) in [4.78, 5) is 0. The molecule has 1 saturated heterocycles. The van der Waals surface area contributed by atoms with Gasteiger partial charge >= 0.3 is 0 Å². The van der Waals surface area contributed by atoms with Crippen LogP contribution in [0.1, 0.15) is 0 Å². The fraction of sp³-hybridized carbons (Fsp3) is 0.333. The number of phenols is 2. The fourth-order valence-corrected chi connectivity index (χ4v) is 0.788. The Morgan fingerprint density at radius 2 is 1.62 bits per heavy atom. The predicted molar refractivity (Wildman–Crippen MR) is 50.2 cm³/mol. The van der Waals surface area contributed by atoms with Crippen LogP contribution < -0.4 is 0 Å². The Labute approximate surface area is 81.5 Å². The number of aromatic hydroxyl groups is 2. The van der Waals surface area contributed by atoms with Gasteiger partial charge in [-0.25, -0.2) is 0 Å². The summed E-state index contributed by atoms with van der Waals surface area (Å²) in [7, 11) is 0. The second-order valence-electron chi connectivity index (χ2n) is 2.63. The van der Waals surface area contributed by atoms with Crippen molar-refractivity contribution in [3.05, 3.63) is 24.3 Å². The molecule has 1 aliphatic rings. The molecule has 1 aromatic rings. The predicted octanol–water partition coefficient (Wildman–Crippen LogP) is 1.72. The number of phenolic OH excluding ortho intramolecular Hbond substituents is 2. The third-order valence-electron chi connectivity index (χ3n) is 1.42. The molecule has 13 heavy (non-hydrogen) atoms. The first-order valence-corrected chi connectivity index (χ1v) is 4.41. The van der Waals surface area contributed by atoms with Crippen molar-refractivity contribution in [3.8, 4) is 11.5 Å². The van der Waals surface area contributed by atoms with Crippen LogP contribution in [-0.4, -0.2) is 28.8 Å². The average Bonchev–Trinajstić information content (AvgIpc) is 2.94. The number of hydrogen-bond acceptors (Lipinski definition) is 3. The number of epoxide rings is 1. The molecule has 0 amide bonds. The number of ether oxygens (including phenoxy) is 1. The summed E-state index contributed by atoms with van der Waals surface area (Å²) < 4.78 is 4.73. The number of benzene rings is 1. The van der Waals surface area contributed by atoms with E-state index in [-0.39, 0.29) is 11.5 Å². The lowest BCUT2D eigenvalue weighted by Crippen LogP contribution is -1.80. The molecule has 72 valence electrons. The van der Waals surface area contributed by atoms with Crippen LogP contribution in [-0.2, 0) is 4.74 Å². The summed E-state index contributed by atoms with van der Waals surface area (Å²) in [6.45, 7) is 0.878. The van der Waals surface area contributed by atoms with Gasteiger partial charge in [-0.15, -0.1) is 11.6 Å². The lowest BCUT2D eigenvalue weighted by molar-refractivity contribution is 0.425. The Bertz CT molecular complexity index is 223. The van der Waals surface area contributed by atoms with Gasteiger partial charge in [0.2, 0.25) is 0 Å².